The van der Waals surface area contributed by atoms with Crippen molar-refractivity contribution in [3.05, 3.63) is 0 Å². The predicted octanol–water partition coefficient (Wildman–Crippen LogP) is -0.0659. The van der Waals surface area contributed by atoms with Crippen LogP contribution in [0.5, 0.6) is 0 Å². The Morgan fingerprint density at radius 3 is 2.72 bits per heavy atom. The first kappa shape index (κ1) is 14.9. The van der Waals surface area contributed by atoms with Gasteiger partial charge in [-0.15, -0.1) is 0 Å². The first-order valence-electron chi connectivity index (χ1n) is 6.29. The van der Waals surface area contributed by atoms with E-state index in [4.69, 9.17) is 9.84 Å². The van der Waals surface area contributed by atoms with E-state index in [1.165, 1.54) is 4.90 Å². The Morgan fingerprint density at radius 2 is 2.22 bits per heavy atom. The zero-order chi connectivity index (χ0) is 13.5. The Labute approximate surface area is 107 Å². The Balaban J connectivity index is 2.48. The highest BCUT2D eigenvalue weighted by Gasteiger charge is 2.23. The number of carbonyl (C=O) groups excluding carboxylic acids is 1. The summed E-state index contributed by atoms with van der Waals surface area (Å²) in [6.07, 6.45) is 0.292. The Bertz CT molecular complexity index is 288. The Kier molecular flexibility index (Phi) is 6.07. The van der Waals surface area contributed by atoms with E-state index < -0.39 is 5.97 Å². The first-order valence-corrected chi connectivity index (χ1v) is 6.29. The van der Waals surface area contributed by atoms with E-state index in [2.05, 4.69) is 5.32 Å². The molecule has 6 nitrogen and oxygen atoms in total. The minimum absolute atomic E-state index is 0.00490. The number of nitrogens with one attached hydrogen (secondary N) is 1. The highest BCUT2D eigenvalue weighted by atomic mass is 16.5. The predicted molar refractivity (Wildman–Crippen MR) is 66.3 cm³/mol. The highest BCUT2D eigenvalue weighted by Crippen LogP contribution is 2.06. The third kappa shape index (κ3) is 5.46. The number of carboxylic acid groups (broad SMARTS) is 1. The summed E-state index contributed by atoms with van der Waals surface area (Å²) in [5, 5.41) is 12.0. The van der Waals surface area contributed by atoms with Gasteiger partial charge in [-0.25, -0.2) is 0 Å². The number of hydrogen-bond acceptors (Lipinski definition) is 4. The van der Waals surface area contributed by atoms with Gasteiger partial charge in [0.1, 0.15) is 6.54 Å². The third-order valence-electron chi connectivity index (χ3n) is 2.68. The largest absolute Gasteiger partial charge is 0.480 e. The summed E-state index contributed by atoms with van der Waals surface area (Å²) in [5.74, 6) is -0.852. The number of ether oxygens (including phenoxy) is 1. The van der Waals surface area contributed by atoms with Gasteiger partial charge in [-0.3, -0.25) is 9.59 Å². The lowest BCUT2D eigenvalue weighted by molar-refractivity contribution is -0.145. The van der Waals surface area contributed by atoms with Crippen LogP contribution in [-0.2, 0) is 14.3 Å². The quantitative estimate of drug-likeness (QED) is 0.697. The van der Waals surface area contributed by atoms with Crippen molar-refractivity contribution in [2.24, 2.45) is 5.92 Å². The van der Waals surface area contributed by atoms with Crippen LogP contribution in [0.4, 0.5) is 0 Å². The topological polar surface area (TPSA) is 78.9 Å². The van der Waals surface area contributed by atoms with Gasteiger partial charge in [-0.1, -0.05) is 13.8 Å². The van der Waals surface area contributed by atoms with Crippen molar-refractivity contribution >= 4 is 11.9 Å². The summed E-state index contributed by atoms with van der Waals surface area (Å²) >= 11 is 0. The van der Waals surface area contributed by atoms with E-state index in [1.54, 1.807) is 0 Å². The molecule has 2 N–H and O–H groups in total. The van der Waals surface area contributed by atoms with Gasteiger partial charge in [-0.2, -0.15) is 0 Å². The lowest BCUT2D eigenvalue weighted by atomic mass is 10.1. The number of carboxylic acids is 1. The molecule has 0 aromatic carbocycles. The molecule has 1 atom stereocenters. The number of nitrogens with zero attached hydrogens (tertiary/aromatic N) is 1. The van der Waals surface area contributed by atoms with Crippen LogP contribution in [0.1, 0.15) is 20.3 Å². The molecule has 104 valence electrons. The van der Waals surface area contributed by atoms with Crippen LogP contribution in [0.25, 0.3) is 0 Å². The minimum atomic E-state index is -0.975. The number of amides is 1. The first-order chi connectivity index (χ1) is 8.49. The highest BCUT2D eigenvalue weighted by molar-refractivity contribution is 5.81. The lowest BCUT2D eigenvalue weighted by Crippen LogP contribution is -2.46. The standard InChI is InChI=1S/C12H22N2O4/c1-9(2)6-14(7-12(16)17)11(15)5-10-8-18-4-3-13-10/h9-10,13H,3-8H2,1-2H3,(H,16,17). The van der Waals surface area contributed by atoms with E-state index in [-0.39, 0.29) is 24.4 Å². The molecule has 1 aliphatic rings. The van der Waals surface area contributed by atoms with Gasteiger partial charge in [0.15, 0.2) is 0 Å². The Hall–Kier alpha value is -1.14. The molecule has 0 aromatic heterocycles. The maximum atomic E-state index is 12.0. The van der Waals surface area contributed by atoms with Crippen molar-refractivity contribution < 1.29 is 19.4 Å². The monoisotopic (exact) mass is 258 g/mol. The second-order valence-corrected chi connectivity index (χ2v) is 4.99. The molecule has 0 saturated carbocycles. The molecule has 1 unspecified atom stereocenters. The molecule has 1 heterocycles. The molecular weight excluding hydrogens is 236 g/mol. The molecule has 1 rings (SSSR count). The van der Waals surface area contributed by atoms with Gasteiger partial charge in [-0.05, 0) is 5.92 Å². The van der Waals surface area contributed by atoms with Gasteiger partial charge in [0, 0.05) is 25.6 Å². The summed E-state index contributed by atoms with van der Waals surface area (Å²) in [5.41, 5.74) is 0. The third-order valence-corrected chi connectivity index (χ3v) is 2.68. The van der Waals surface area contributed by atoms with Gasteiger partial charge in [0.25, 0.3) is 0 Å². The smallest absolute Gasteiger partial charge is 0.323 e. The van der Waals surface area contributed by atoms with E-state index >= 15 is 0 Å². The molecule has 0 aromatic rings. The van der Waals surface area contributed by atoms with Gasteiger partial charge >= 0.3 is 5.97 Å². The van der Waals surface area contributed by atoms with Crippen LogP contribution in [-0.4, -0.2) is 60.8 Å². The molecule has 0 radical (unpaired) electrons. The average Bonchev–Trinajstić information content (AvgIpc) is 2.28. The fourth-order valence-corrected chi connectivity index (χ4v) is 1.95. The second kappa shape index (κ2) is 7.33. The molecular formula is C12H22N2O4. The van der Waals surface area contributed by atoms with Crippen molar-refractivity contribution in [2.45, 2.75) is 26.3 Å². The SMILES string of the molecule is CC(C)CN(CC(=O)O)C(=O)CC1COCCN1. The van der Waals surface area contributed by atoms with Crippen LogP contribution in [0.15, 0.2) is 0 Å². The number of aliphatic carboxylic acids is 1. The van der Waals surface area contributed by atoms with Gasteiger partial charge in [0.05, 0.1) is 13.2 Å². The van der Waals surface area contributed by atoms with Gasteiger partial charge < -0.3 is 20.1 Å². The number of carbonyl (C=O) groups is 2. The van der Waals surface area contributed by atoms with Crippen molar-refractivity contribution in [3.8, 4) is 0 Å². The fraction of sp³-hybridized carbons (Fsp3) is 0.833. The zero-order valence-corrected chi connectivity index (χ0v) is 11.0. The van der Waals surface area contributed by atoms with Gasteiger partial charge in [0.2, 0.25) is 5.91 Å². The molecule has 18 heavy (non-hydrogen) atoms. The fourth-order valence-electron chi connectivity index (χ4n) is 1.95. The zero-order valence-electron chi connectivity index (χ0n) is 11.0. The van der Waals surface area contributed by atoms with E-state index in [0.29, 0.717) is 26.2 Å². The average molecular weight is 258 g/mol. The maximum absolute atomic E-state index is 12.0. The second-order valence-electron chi connectivity index (χ2n) is 4.99. The maximum Gasteiger partial charge on any atom is 0.323 e. The number of morpholine rings is 1. The number of hydrogen-bond donors (Lipinski definition) is 2. The summed E-state index contributed by atoms with van der Waals surface area (Å²) < 4.78 is 5.28. The molecule has 6 heteroatoms. The lowest BCUT2D eigenvalue weighted by Gasteiger charge is -2.27. The summed E-state index contributed by atoms with van der Waals surface area (Å²) in [7, 11) is 0. The molecule has 1 amide bonds. The van der Waals surface area contributed by atoms with Crippen molar-refractivity contribution in [1.29, 1.82) is 0 Å². The van der Waals surface area contributed by atoms with Crippen LogP contribution in [0.2, 0.25) is 0 Å². The van der Waals surface area contributed by atoms with E-state index in [9.17, 15) is 9.59 Å². The van der Waals surface area contributed by atoms with Crippen LogP contribution >= 0.6 is 0 Å². The van der Waals surface area contributed by atoms with Crippen LogP contribution < -0.4 is 5.32 Å². The van der Waals surface area contributed by atoms with E-state index in [0.717, 1.165) is 6.54 Å². The molecule has 1 fully saturated rings. The molecule has 0 aliphatic carbocycles. The number of rotatable bonds is 6. The normalized spacial score (nSPS) is 19.8. The van der Waals surface area contributed by atoms with Crippen molar-refractivity contribution in [2.75, 3.05) is 32.8 Å². The molecule has 0 spiro atoms. The van der Waals surface area contributed by atoms with E-state index in [1.807, 2.05) is 13.8 Å². The summed E-state index contributed by atoms with van der Waals surface area (Å²) in [6.45, 7) is 6.07. The van der Waals surface area contributed by atoms with Crippen molar-refractivity contribution in [1.82, 2.24) is 10.2 Å². The summed E-state index contributed by atoms with van der Waals surface area (Å²) in [6, 6.07) is -0.00490. The molecule has 1 saturated heterocycles. The summed E-state index contributed by atoms with van der Waals surface area (Å²) in [4.78, 5) is 24.2. The molecule has 1 aliphatic heterocycles. The van der Waals surface area contributed by atoms with Crippen LogP contribution in [0.3, 0.4) is 0 Å². The van der Waals surface area contributed by atoms with Crippen molar-refractivity contribution in [3.63, 3.8) is 0 Å². The minimum Gasteiger partial charge on any atom is -0.480 e. The van der Waals surface area contributed by atoms with Crippen LogP contribution in [0, 0.1) is 5.92 Å². The molecule has 0 bridgehead atoms. The Morgan fingerprint density at radius 1 is 1.50 bits per heavy atom.